The van der Waals surface area contributed by atoms with Crippen molar-refractivity contribution in [2.45, 2.75) is 0 Å². The number of rotatable bonds is 1. The molecule has 0 aliphatic carbocycles. The summed E-state index contributed by atoms with van der Waals surface area (Å²) in [4.78, 5) is 0. The zero-order chi connectivity index (χ0) is 5.82. The van der Waals surface area contributed by atoms with E-state index in [0.29, 0.717) is 0 Å². The summed E-state index contributed by atoms with van der Waals surface area (Å²) in [6.07, 6.45) is 0. The van der Waals surface area contributed by atoms with Crippen molar-refractivity contribution in [3.8, 4) is 5.75 Å². The van der Waals surface area contributed by atoms with Crippen molar-refractivity contribution in [1.29, 1.82) is 0 Å². The minimum Gasteiger partial charge on any atom is -0.497 e. The van der Waals surface area contributed by atoms with Gasteiger partial charge in [0.05, 0.1) is 7.11 Å². The van der Waals surface area contributed by atoms with Gasteiger partial charge in [-0.1, -0.05) is 18.2 Å². The first-order valence-electron chi connectivity index (χ1n) is 2.52. The Morgan fingerprint density at radius 2 is 1.75 bits per heavy atom. The lowest BCUT2D eigenvalue weighted by atomic mass is 10.4. The summed E-state index contributed by atoms with van der Waals surface area (Å²) in [5.74, 6) is 0.910. The molecule has 0 fully saturated rings. The summed E-state index contributed by atoms with van der Waals surface area (Å²) in [5.41, 5.74) is 0. The van der Waals surface area contributed by atoms with Crippen LogP contribution < -0.4 is 4.74 Å². The van der Waals surface area contributed by atoms with Crippen LogP contribution in [0.25, 0.3) is 0 Å². The Balaban J connectivity index is 2.83. The fourth-order valence-electron chi connectivity index (χ4n) is 0.557. The second-order valence-corrected chi connectivity index (χ2v) is 1.52. The second kappa shape index (κ2) is 2.36. The highest BCUT2D eigenvalue weighted by atomic mass is 18.3. The molecular weight excluding hydrogens is 102 g/mol. The molecule has 0 unspecified atom stereocenters. The van der Waals surface area contributed by atoms with E-state index in [1.165, 1.54) is 0 Å². The van der Waals surface area contributed by atoms with Gasteiger partial charge in [-0.15, -0.1) is 0 Å². The normalized spacial score (nSPS) is 8.62. The van der Waals surface area contributed by atoms with Crippen LogP contribution in [0.15, 0.2) is 30.3 Å². The van der Waals surface area contributed by atoms with E-state index in [9.17, 15) is 0 Å². The van der Waals surface area contributed by atoms with Gasteiger partial charge in [0.1, 0.15) is 5.75 Å². The van der Waals surface area contributed by atoms with Crippen LogP contribution in [0.3, 0.4) is 0 Å². The van der Waals surface area contributed by atoms with Crippen LogP contribution in [0.2, 0.25) is 0 Å². The number of benzene rings is 1. The molecule has 0 saturated heterocycles. The minimum atomic E-state index is 0.910. The van der Waals surface area contributed by atoms with Gasteiger partial charge in [0, 0.05) is 0 Å². The average molecular weight is 110 g/mol. The summed E-state index contributed by atoms with van der Waals surface area (Å²) in [5, 5.41) is 0. The second-order valence-electron chi connectivity index (χ2n) is 1.52. The lowest BCUT2D eigenvalue weighted by Crippen LogP contribution is -1.78. The first-order chi connectivity index (χ1) is 3.93. The maximum absolute atomic E-state index is 4.91. The standard InChI is InChI=1S/C7H8O/c1-8-7-5-3-2-4-6-7/h2-6H,1H3/i8+2. The molecule has 0 spiro atoms. The van der Waals surface area contributed by atoms with Crippen molar-refractivity contribution in [2.24, 2.45) is 0 Å². The molecule has 0 atom stereocenters. The monoisotopic (exact) mass is 110 g/mol. The molecule has 1 aromatic carbocycles. The Hall–Kier alpha value is -0.980. The predicted molar refractivity (Wildman–Crippen MR) is 33.0 cm³/mol. The number of hydrogen-bond acceptors (Lipinski definition) is 1. The molecule has 0 N–H and O–H groups in total. The quantitative estimate of drug-likeness (QED) is 0.500. The zero-order valence-electron chi connectivity index (χ0n) is 4.79. The molecule has 0 saturated carbocycles. The maximum atomic E-state index is 4.91. The van der Waals surface area contributed by atoms with Crippen molar-refractivity contribution in [3.63, 3.8) is 0 Å². The number of hydrogen-bond donors (Lipinski definition) is 0. The van der Waals surface area contributed by atoms with Gasteiger partial charge >= 0.3 is 0 Å². The van der Waals surface area contributed by atoms with E-state index in [-0.39, 0.29) is 0 Å². The molecule has 1 nitrogen and oxygen atoms in total. The van der Waals surface area contributed by atoms with E-state index < -0.39 is 0 Å². The molecule has 0 bridgehead atoms. The molecule has 0 aliphatic rings. The Morgan fingerprint density at radius 1 is 1.12 bits per heavy atom. The highest BCUT2D eigenvalue weighted by Crippen LogP contribution is 2.05. The van der Waals surface area contributed by atoms with Gasteiger partial charge in [0.15, 0.2) is 0 Å². The van der Waals surface area contributed by atoms with Gasteiger partial charge < -0.3 is 4.74 Å². The summed E-state index contributed by atoms with van der Waals surface area (Å²) in [7, 11) is 1.66. The van der Waals surface area contributed by atoms with Crippen molar-refractivity contribution in [1.82, 2.24) is 0 Å². The van der Waals surface area contributed by atoms with Gasteiger partial charge in [0.2, 0.25) is 0 Å². The van der Waals surface area contributed by atoms with E-state index in [0.717, 1.165) is 5.75 Å². The molecular formula is C7H8O. The summed E-state index contributed by atoms with van der Waals surface area (Å²) >= 11 is 0. The average Bonchev–Trinajstić information content (AvgIpc) is 1.90. The molecule has 0 heterocycles. The first-order valence-corrected chi connectivity index (χ1v) is 2.52. The number of methoxy groups -OCH3 is 1. The molecule has 1 aromatic rings. The molecule has 0 radical (unpaired) electrons. The van der Waals surface area contributed by atoms with Crippen LogP contribution in [-0.4, -0.2) is 7.11 Å². The van der Waals surface area contributed by atoms with Gasteiger partial charge in [-0.2, -0.15) is 0 Å². The first kappa shape index (κ1) is 5.16. The highest BCUT2D eigenvalue weighted by Gasteiger charge is 1.80. The van der Waals surface area contributed by atoms with Crippen LogP contribution in [0.4, 0.5) is 0 Å². The van der Waals surface area contributed by atoms with Crippen molar-refractivity contribution >= 4 is 0 Å². The smallest absolute Gasteiger partial charge is 0.118 e. The lowest BCUT2D eigenvalue weighted by Gasteiger charge is -1.93. The Morgan fingerprint density at radius 3 is 2.12 bits per heavy atom. The van der Waals surface area contributed by atoms with Gasteiger partial charge in [0.25, 0.3) is 0 Å². The lowest BCUT2D eigenvalue weighted by molar-refractivity contribution is 0.415. The van der Waals surface area contributed by atoms with Crippen LogP contribution in [-0.2, 0) is 0 Å². The van der Waals surface area contributed by atoms with E-state index in [2.05, 4.69) is 0 Å². The third kappa shape index (κ3) is 0.997. The Kier molecular flexibility index (Phi) is 1.52. The number of ether oxygens (including phenoxy) is 1. The van der Waals surface area contributed by atoms with Crippen molar-refractivity contribution in [3.05, 3.63) is 30.3 Å². The molecule has 0 aliphatic heterocycles. The van der Waals surface area contributed by atoms with Gasteiger partial charge in [-0.05, 0) is 12.1 Å². The third-order valence-electron chi connectivity index (χ3n) is 0.979. The van der Waals surface area contributed by atoms with E-state index in [4.69, 9.17) is 4.74 Å². The molecule has 1 rings (SSSR count). The van der Waals surface area contributed by atoms with Crippen LogP contribution >= 0.6 is 0 Å². The number of para-hydroxylation sites is 1. The summed E-state index contributed by atoms with van der Waals surface area (Å²) < 4.78 is 4.91. The van der Waals surface area contributed by atoms with Crippen molar-refractivity contribution in [2.75, 3.05) is 7.11 Å². The fourth-order valence-corrected chi connectivity index (χ4v) is 0.557. The van der Waals surface area contributed by atoms with Gasteiger partial charge in [-0.25, -0.2) is 0 Å². The maximum Gasteiger partial charge on any atom is 0.118 e. The summed E-state index contributed by atoms with van der Waals surface area (Å²) in [6, 6.07) is 9.68. The minimum absolute atomic E-state index is 0.910. The predicted octanol–water partition coefficient (Wildman–Crippen LogP) is 1.70. The highest BCUT2D eigenvalue weighted by molar-refractivity contribution is 5.20. The van der Waals surface area contributed by atoms with Crippen molar-refractivity contribution < 1.29 is 4.74 Å². The van der Waals surface area contributed by atoms with Crippen LogP contribution in [0.1, 0.15) is 0 Å². The van der Waals surface area contributed by atoms with Crippen LogP contribution in [0.5, 0.6) is 5.75 Å². The van der Waals surface area contributed by atoms with Crippen LogP contribution in [0, 0.1) is 0 Å². The Bertz CT molecular complexity index is 146. The van der Waals surface area contributed by atoms with E-state index >= 15 is 0 Å². The zero-order valence-corrected chi connectivity index (χ0v) is 4.79. The summed E-state index contributed by atoms with van der Waals surface area (Å²) in [6.45, 7) is 0. The molecule has 0 amide bonds. The largest absolute Gasteiger partial charge is 0.497 e. The molecule has 1 heteroatoms. The van der Waals surface area contributed by atoms with E-state index in [1.807, 2.05) is 30.3 Å². The molecule has 42 valence electrons. The van der Waals surface area contributed by atoms with Gasteiger partial charge in [-0.3, -0.25) is 0 Å². The third-order valence-corrected chi connectivity index (χ3v) is 0.979. The van der Waals surface area contributed by atoms with E-state index in [1.54, 1.807) is 7.11 Å². The topological polar surface area (TPSA) is 9.23 Å². The SMILES string of the molecule is C[18O]c1ccccc1. The molecule has 0 aromatic heterocycles. The fraction of sp³-hybridized carbons (Fsp3) is 0.143. The molecule has 8 heavy (non-hydrogen) atoms. The Labute approximate surface area is 48.9 Å².